The predicted molar refractivity (Wildman–Crippen MR) is 62.0 cm³/mol. The number of hydrogen-bond acceptors (Lipinski definition) is 7. The van der Waals surface area contributed by atoms with Gasteiger partial charge in [-0.2, -0.15) is 0 Å². The van der Waals surface area contributed by atoms with Crippen LogP contribution in [0.2, 0.25) is 0 Å². The number of amides is 1. The van der Waals surface area contributed by atoms with Crippen molar-refractivity contribution < 1.29 is 4.79 Å². The Morgan fingerprint density at radius 2 is 2.28 bits per heavy atom. The minimum atomic E-state index is -0.339. The molecule has 0 aromatic carbocycles. The third kappa shape index (κ3) is 2.58. The maximum absolute atomic E-state index is 11.7. The van der Waals surface area contributed by atoms with Gasteiger partial charge in [-0.05, 0) is 0 Å². The Bertz CT molecular complexity index is 534. The van der Waals surface area contributed by atoms with Crippen molar-refractivity contribution >= 4 is 11.7 Å². The zero-order valence-electron chi connectivity index (χ0n) is 9.66. The van der Waals surface area contributed by atoms with E-state index >= 15 is 0 Å². The van der Waals surface area contributed by atoms with Crippen LogP contribution < -0.4 is 16.6 Å². The van der Waals surface area contributed by atoms with Crippen LogP contribution in [0.5, 0.6) is 0 Å². The molecule has 9 nitrogen and oxygen atoms in total. The number of hydrazine groups is 1. The van der Waals surface area contributed by atoms with Gasteiger partial charge in [0.2, 0.25) is 0 Å². The summed E-state index contributed by atoms with van der Waals surface area (Å²) in [6, 6.07) is 0. The summed E-state index contributed by atoms with van der Waals surface area (Å²) in [6.07, 6.45) is 4.27. The van der Waals surface area contributed by atoms with E-state index in [1.165, 1.54) is 12.4 Å². The topological polar surface area (TPSA) is 124 Å². The molecular weight excluding hydrogens is 236 g/mol. The minimum absolute atomic E-state index is 0.205. The number of carbonyl (C=O) groups excluding carboxylic acids is 1. The average molecular weight is 248 g/mol. The highest BCUT2D eigenvalue weighted by atomic mass is 16.1. The summed E-state index contributed by atoms with van der Waals surface area (Å²) in [4.78, 5) is 19.5. The molecule has 18 heavy (non-hydrogen) atoms. The lowest BCUT2D eigenvalue weighted by molar-refractivity contribution is 0.0944. The number of nitrogens with zero attached hydrogens (tertiary/aromatic N) is 5. The van der Waals surface area contributed by atoms with Crippen LogP contribution in [0, 0.1) is 0 Å². The fourth-order valence-electron chi connectivity index (χ4n) is 1.24. The molecule has 0 saturated carbocycles. The average Bonchev–Trinajstić information content (AvgIpc) is 2.81. The van der Waals surface area contributed by atoms with Crippen molar-refractivity contribution in [2.45, 2.75) is 6.54 Å². The van der Waals surface area contributed by atoms with Crippen molar-refractivity contribution in [3.8, 4) is 0 Å². The van der Waals surface area contributed by atoms with Gasteiger partial charge in [0, 0.05) is 7.05 Å². The Hall–Kier alpha value is -2.55. The van der Waals surface area contributed by atoms with Crippen LogP contribution in [0.15, 0.2) is 18.7 Å². The smallest absolute Gasteiger partial charge is 0.271 e. The molecule has 0 aliphatic rings. The molecule has 0 atom stereocenters. The summed E-state index contributed by atoms with van der Waals surface area (Å²) in [5.74, 6) is 5.84. The standard InChI is InChI=1S/C9H12N8O/c1-17-5-14-16-8(17)4-13-9(18)6-2-12-7(15-10)3-11-6/h2-3,5H,4,10H2,1H3,(H,12,15)(H,13,18). The van der Waals surface area contributed by atoms with Crippen molar-refractivity contribution in [2.75, 3.05) is 5.43 Å². The zero-order valence-corrected chi connectivity index (χ0v) is 9.66. The van der Waals surface area contributed by atoms with Gasteiger partial charge in [-0.1, -0.05) is 0 Å². The first-order valence-electron chi connectivity index (χ1n) is 5.10. The third-order valence-corrected chi connectivity index (χ3v) is 2.24. The lowest BCUT2D eigenvalue weighted by Crippen LogP contribution is -2.25. The lowest BCUT2D eigenvalue weighted by atomic mass is 10.4. The van der Waals surface area contributed by atoms with E-state index in [0.717, 1.165) is 0 Å². The van der Waals surface area contributed by atoms with Crippen LogP contribution in [0.4, 0.5) is 5.82 Å². The number of hydrogen-bond donors (Lipinski definition) is 3. The van der Waals surface area contributed by atoms with Crippen LogP contribution in [0.1, 0.15) is 16.3 Å². The maximum atomic E-state index is 11.7. The first-order valence-corrected chi connectivity index (χ1v) is 5.10. The molecule has 4 N–H and O–H groups in total. The van der Waals surface area contributed by atoms with Crippen molar-refractivity contribution in [3.05, 3.63) is 30.2 Å². The Morgan fingerprint density at radius 3 is 2.83 bits per heavy atom. The van der Waals surface area contributed by atoms with E-state index in [1.807, 2.05) is 0 Å². The molecule has 2 aromatic heterocycles. The van der Waals surface area contributed by atoms with Gasteiger partial charge in [0.15, 0.2) is 11.6 Å². The summed E-state index contributed by atoms with van der Waals surface area (Å²) in [6.45, 7) is 0.272. The second-order valence-electron chi connectivity index (χ2n) is 3.47. The van der Waals surface area contributed by atoms with Gasteiger partial charge >= 0.3 is 0 Å². The van der Waals surface area contributed by atoms with E-state index in [2.05, 4.69) is 30.9 Å². The van der Waals surface area contributed by atoms with Crippen LogP contribution in [0.25, 0.3) is 0 Å². The normalized spacial score (nSPS) is 10.1. The highest BCUT2D eigenvalue weighted by molar-refractivity contribution is 5.91. The molecule has 2 aromatic rings. The fourth-order valence-corrected chi connectivity index (χ4v) is 1.24. The van der Waals surface area contributed by atoms with Crippen molar-refractivity contribution in [2.24, 2.45) is 12.9 Å². The largest absolute Gasteiger partial charge is 0.343 e. The molecule has 0 saturated heterocycles. The molecule has 9 heteroatoms. The number of nitrogens with two attached hydrogens (primary N) is 1. The predicted octanol–water partition coefficient (Wildman–Crippen LogP) is -1.18. The van der Waals surface area contributed by atoms with E-state index in [-0.39, 0.29) is 18.1 Å². The quantitative estimate of drug-likeness (QED) is 0.459. The van der Waals surface area contributed by atoms with Gasteiger partial charge in [0.1, 0.15) is 12.0 Å². The molecule has 94 valence electrons. The van der Waals surface area contributed by atoms with Crippen LogP contribution >= 0.6 is 0 Å². The van der Waals surface area contributed by atoms with Gasteiger partial charge in [0.25, 0.3) is 5.91 Å². The van der Waals surface area contributed by atoms with Gasteiger partial charge in [-0.15, -0.1) is 10.2 Å². The maximum Gasteiger partial charge on any atom is 0.271 e. The molecule has 2 heterocycles. The van der Waals surface area contributed by atoms with Crippen LogP contribution in [-0.4, -0.2) is 30.6 Å². The van der Waals surface area contributed by atoms with E-state index < -0.39 is 0 Å². The monoisotopic (exact) mass is 248 g/mol. The molecule has 2 rings (SSSR count). The van der Waals surface area contributed by atoms with E-state index in [1.54, 1.807) is 17.9 Å². The molecule has 0 fully saturated rings. The van der Waals surface area contributed by atoms with Crippen molar-refractivity contribution in [1.82, 2.24) is 30.0 Å². The number of aromatic nitrogens is 5. The summed E-state index contributed by atoms with van der Waals surface area (Å²) in [7, 11) is 1.79. The number of anilines is 1. The van der Waals surface area contributed by atoms with Crippen LogP contribution in [0.3, 0.4) is 0 Å². The summed E-state index contributed by atoms with van der Waals surface area (Å²) < 4.78 is 1.72. The number of nitrogen functional groups attached to an aromatic ring is 1. The lowest BCUT2D eigenvalue weighted by Gasteiger charge is -2.04. The number of rotatable bonds is 4. The summed E-state index contributed by atoms with van der Waals surface area (Å²) >= 11 is 0. The molecule has 0 aliphatic heterocycles. The highest BCUT2D eigenvalue weighted by Crippen LogP contribution is 1.99. The first kappa shape index (κ1) is 11.9. The fraction of sp³-hybridized carbons (Fsp3) is 0.222. The third-order valence-electron chi connectivity index (χ3n) is 2.24. The Morgan fingerprint density at radius 1 is 1.44 bits per heavy atom. The summed E-state index contributed by atoms with van der Waals surface area (Å²) in [5.41, 5.74) is 2.53. The zero-order chi connectivity index (χ0) is 13.0. The SMILES string of the molecule is Cn1cnnc1CNC(=O)c1cnc(NN)cn1. The second-order valence-corrected chi connectivity index (χ2v) is 3.47. The molecule has 0 unspecified atom stereocenters. The van der Waals surface area contributed by atoms with Crippen LogP contribution in [-0.2, 0) is 13.6 Å². The molecule has 0 radical (unpaired) electrons. The second kappa shape index (κ2) is 5.19. The van der Waals surface area contributed by atoms with Gasteiger partial charge in [0.05, 0.1) is 18.9 Å². The Kier molecular flexibility index (Phi) is 3.44. The first-order chi connectivity index (χ1) is 8.70. The molecular formula is C9H12N8O. The van der Waals surface area contributed by atoms with Crippen molar-refractivity contribution in [1.29, 1.82) is 0 Å². The molecule has 0 aliphatic carbocycles. The van der Waals surface area contributed by atoms with Gasteiger partial charge in [-0.25, -0.2) is 15.8 Å². The van der Waals surface area contributed by atoms with Gasteiger partial charge in [-0.3, -0.25) is 4.79 Å². The molecule has 0 bridgehead atoms. The van der Waals surface area contributed by atoms with E-state index in [4.69, 9.17) is 5.84 Å². The summed E-state index contributed by atoms with van der Waals surface area (Å²) in [5, 5.41) is 10.2. The number of carbonyl (C=O) groups is 1. The Labute approximate surface area is 102 Å². The van der Waals surface area contributed by atoms with E-state index in [0.29, 0.717) is 11.6 Å². The van der Waals surface area contributed by atoms with Crippen molar-refractivity contribution in [3.63, 3.8) is 0 Å². The number of nitrogens with one attached hydrogen (secondary N) is 2. The van der Waals surface area contributed by atoms with E-state index in [9.17, 15) is 4.79 Å². The highest BCUT2D eigenvalue weighted by Gasteiger charge is 2.09. The van der Waals surface area contributed by atoms with Gasteiger partial charge < -0.3 is 15.3 Å². The Balaban J connectivity index is 1.97. The minimum Gasteiger partial charge on any atom is -0.343 e. The number of aryl methyl sites for hydroxylation is 1. The molecule has 1 amide bonds. The molecule has 0 spiro atoms.